The van der Waals surface area contributed by atoms with Crippen LogP contribution >= 0.6 is 0 Å². The second-order valence-corrected chi connectivity index (χ2v) is 4.87. The molecule has 0 radical (unpaired) electrons. The minimum atomic E-state index is -0.226. The Labute approximate surface area is 125 Å². The van der Waals surface area contributed by atoms with Gasteiger partial charge in [-0.1, -0.05) is 24.3 Å². The summed E-state index contributed by atoms with van der Waals surface area (Å²) in [6, 6.07) is 18.5. The van der Waals surface area contributed by atoms with E-state index in [4.69, 9.17) is 4.42 Å². The molecular weight excluding hydrogens is 278 g/mol. The van der Waals surface area contributed by atoms with E-state index in [9.17, 15) is 4.79 Å². The van der Waals surface area contributed by atoms with Crippen LogP contribution in [0.25, 0.3) is 33.8 Å². The van der Waals surface area contributed by atoms with Crippen LogP contribution in [0.3, 0.4) is 0 Å². The maximum absolute atomic E-state index is 11.1. The van der Waals surface area contributed by atoms with Gasteiger partial charge < -0.3 is 4.42 Å². The number of nitrogens with one attached hydrogen (secondary N) is 1. The van der Waals surface area contributed by atoms with Gasteiger partial charge in [-0.3, -0.25) is 4.79 Å². The van der Waals surface area contributed by atoms with E-state index in [1.807, 2.05) is 48.5 Å². The zero-order valence-electron chi connectivity index (χ0n) is 11.5. The molecule has 0 saturated carbocycles. The molecule has 0 fully saturated rings. The lowest BCUT2D eigenvalue weighted by Gasteiger charge is -1.98. The molecule has 0 spiro atoms. The third-order valence-corrected chi connectivity index (χ3v) is 3.38. The molecular formula is C17H11N3O2. The standard InChI is InChI=1S/C17H11N3O2/c21-16-9-8-13(19-20-16)12-6-7-14-15(10-12)22-17(18-14)11-4-2-1-3-5-11/h1-10H,(H,20,21). The molecule has 1 N–H and O–H groups in total. The predicted octanol–water partition coefficient (Wildman–Crippen LogP) is 3.25. The Hall–Kier alpha value is -3.21. The molecule has 0 amide bonds. The number of oxazole rings is 1. The van der Waals surface area contributed by atoms with Gasteiger partial charge in [0.15, 0.2) is 5.58 Å². The first-order chi connectivity index (χ1) is 10.8. The van der Waals surface area contributed by atoms with Gasteiger partial charge in [0.1, 0.15) is 5.52 Å². The van der Waals surface area contributed by atoms with E-state index in [-0.39, 0.29) is 5.56 Å². The Kier molecular flexibility index (Phi) is 2.83. The number of aromatic amines is 1. The average Bonchev–Trinajstić information content (AvgIpc) is 2.99. The van der Waals surface area contributed by atoms with Crippen LogP contribution < -0.4 is 5.56 Å². The molecule has 4 aromatic rings. The molecule has 4 rings (SSSR count). The summed E-state index contributed by atoms with van der Waals surface area (Å²) in [5.74, 6) is 0.585. The number of fused-ring (bicyclic) bond motifs is 1. The van der Waals surface area contributed by atoms with Crippen LogP contribution in [0, 0.1) is 0 Å². The van der Waals surface area contributed by atoms with Crippen molar-refractivity contribution >= 4 is 11.1 Å². The fraction of sp³-hybridized carbons (Fsp3) is 0. The van der Waals surface area contributed by atoms with Crippen molar-refractivity contribution in [2.24, 2.45) is 0 Å². The van der Waals surface area contributed by atoms with Gasteiger partial charge in [-0.05, 0) is 30.3 Å². The van der Waals surface area contributed by atoms with Crippen LogP contribution in [0.2, 0.25) is 0 Å². The molecule has 0 aliphatic carbocycles. The van der Waals surface area contributed by atoms with E-state index >= 15 is 0 Å². The Bertz CT molecular complexity index is 983. The summed E-state index contributed by atoms with van der Waals surface area (Å²) in [7, 11) is 0. The zero-order valence-corrected chi connectivity index (χ0v) is 11.5. The summed E-state index contributed by atoms with van der Waals surface area (Å²) in [6.45, 7) is 0. The van der Waals surface area contributed by atoms with Gasteiger partial charge in [0.05, 0.1) is 5.69 Å². The summed E-state index contributed by atoms with van der Waals surface area (Å²) in [6.07, 6.45) is 0. The molecule has 106 valence electrons. The summed E-state index contributed by atoms with van der Waals surface area (Å²) in [5, 5.41) is 6.45. The smallest absolute Gasteiger partial charge is 0.264 e. The second-order valence-electron chi connectivity index (χ2n) is 4.87. The lowest BCUT2D eigenvalue weighted by Crippen LogP contribution is -2.05. The van der Waals surface area contributed by atoms with Gasteiger partial charge in [0, 0.05) is 17.2 Å². The second kappa shape index (κ2) is 4.96. The first-order valence-corrected chi connectivity index (χ1v) is 6.82. The van der Waals surface area contributed by atoms with Crippen LogP contribution in [0.5, 0.6) is 0 Å². The molecule has 0 aliphatic heterocycles. The van der Waals surface area contributed by atoms with Gasteiger partial charge in [-0.25, -0.2) is 10.1 Å². The van der Waals surface area contributed by atoms with Crippen molar-refractivity contribution in [1.82, 2.24) is 15.2 Å². The summed E-state index contributed by atoms with van der Waals surface area (Å²) in [5.41, 5.74) is 3.72. The van der Waals surface area contributed by atoms with Crippen LogP contribution in [0.15, 0.2) is 69.9 Å². The monoisotopic (exact) mass is 289 g/mol. The van der Waals surface area contributed by atoms with Crippen LogP contribution in [0.1, 0.15) is 0 Å². The number of hydrogen-bond donors (Lipinski definition) is 1. The topological polar surface area (TPSA) is 71.8 Å². The summed E-state index contributed by atoms with van der Waals surface area (Å²) < 4.78 is 5.83. The van der Waals surface area contributed by atoms with Crippen molar-refractivity contribution in [3.8, 4) is 22.7 Å². The van der Waals surface area contributed by atoms with Crippen molar-refractivity contribution in [3.63, 3.8) is 0 Å². The minimum Gasteiger partial charge on any atom is -0.436 e. The summed E-state index contributed by atoms with van der Waals surface area (Å²) in [4.78, 5) is 15.6. The maximum Gasteiger partial charge on any atom is 0.264 e. The van der Waals surface area contributed by atoms with Crippen molar-refractivity contribution < 1.29 is 4.42 Å². The van der Waals surface area contributed by atoms with Crippen molar-refractivity contribution in [3.05, 3.63) is 71.0 Å². The average molecular weight is 289 g/mol. The quantitative estimate of drug-likeness (QED) is 0.615. The van der Waals surface area contributed by atoms with Gasteiger partial charge in [0.25, 0.3) is 5.56 Å². The first kappa shape index (κ1) is 12.5. The number of benzene rings is 2. The highest BCUT2D eigenvalue weighted by Crippen LogP contribution is 2.27. The van der Waals surface area contributed by atoms with Gasteiger partial charge in [-0.2, -0.15) is 5.10 Å². The largest absolute Gasteiger partial charge is 0.436 e. The van der Waals surface area contributed by atoms with E-state index in [0.717, 1.165) is 16.6 Å². The van der Waals surface area contributed by atoms with E-state index in [1.165, 1.54) is 6.07 Å². The SMILES string of the molecule is O=c1ccc(-c2ccc3nc(-c4ccccc4)oc3c2)n[nH]1. The van der Waals surface area contributed by atoms with Crippen LogP contribution in [0.4, 0.5) is 0 Å². The molecule has 2 aromatic carbocycles. The number of nitrogens with zero attached hydrogens (tertiary/aromatic N) is 2. The highest BCUT2D eigenvalue weighted by Gasteiger charge is 2.09. The fourth-order valence-electron chi connectivity index (χ4n) is 2.29. The van der Waals surface area contributed by atoms with Crippen molar-refractivity contribution in [2.75, 3.05) is 0 Å². The normalized spacial score (nSPS) is 10.9. The lowest BCUT2D eigenvalue weighted by molar-refractivity contribution is 0.620. The van der Waals surface area contributed by atoms with Gasteiger partial charge >= 0.3 is 0 Å². The fourth-order valence-corrected chi connectivity index (χ4v) is 2.29. The zero-order chi connectivity index (χ0) is 14.9. The van der Waals surface area contributed by atoms with Gasteiger partial charge in [-0.15, -0.1) is 0 Å². The van der Waals surface area contributed by atoms with Crippen molar-refractivity contribution in [2.45, 2.75) is 0 Å². The summed E-state index contributed by atoms with van der Waals surface area (Å²) >= 11 is 0. The Morgan fingerprint density at radius 2 is 1.77 bits per heavy atom. The van der Waals surface area contributed by atoms with Gasteiger partial charge in [0.2, 0.25) is 5.89 Å². The number of H-pyrrole nitrogens is 1. The number of rotatable bonds is 2. The molecule has 0 aliphatic rings. The number of hydrogen-bond acceptors (Lipinski definition) is 4. The minimum absolute atomic E-state index is 0.226. The van der Waals surface area contributed by atoms with Crippen LogP contribution in [-0.4, -0.2) is 15.2 Å². The van der Waals surface area contributed by atoms with E-state index < -0.39 is 0 Å². The molecule has 2 heterocycles. The van der Waals surface area contributed by atoms with E-state index in [2.05, 4.69) is 15.2 Å². The van der Waals surface area contributed by atoms with Crippen molar-refractivity contribution in [1.29, 1.82) is 0 Å². The molecule has 5 nitrogen and oxygen atoms in total. The third kappa shape index (κ3) is 2.18. The highest BCUT2D eigenvalue weighted by molar-refractivity contribution is 5.81. The van der Waals surface area contributed by atoms with E-state index in [1.54, 1.807) is 6.07 Å². The molecule has 0 bridgehead atoms. The molecule has 0 saturated heterocycles. The Morgan fingerprint density at radius 3 is 2.55 bits per heavy atom. The maximum atomic E-state index is 11.1. The molecule has 2 aromatic heterocycles. The van der Waals surface area contributed by atoms with Crippen LogP contribution in [-0.2, 0) is 0 Å². The molecule has 0 unspecified atom stereocenters. The molecule has 22 heavy (non-hydrogen) atoms. The first-order valence-electron chi connectivity index (χ1n) is 6.82. The third-order valence-electron chi connectivity index (χ3n) is 3.38. The highest BCUT2D eigenvalue weighted by atomic mass is 16.3. The lowest BCUT2D eigenvalue weighted by atomic mass is 10.1. The Balaban J connectivity index is 1.81. The number of aromatic nitrogens is 3. The van der Waals surface area contributed by atoms with E-state index in [0.29, 0.717) is 17.2 Å². The molecule has 0 atom stereocenters. The molecule has 5 heteroatoms. The Morgan fingerprint density at radius 1 is 0.909 bits per heavy atom. The predicted molar refractivity (Wildman–Crippen MR) is 83.3 cm³/mol.